The van der Waals surface area contributed by atoms with Gasteiger partial charge in [0.15, 0.2) is 0 Å². The van der Waals surface area contributed by atoms with Crippen molar-refractivity contribution in [3.63, 3.8) is 0 Å². The summed E-state index contributed by atoms with van der Waals surface area (Å²) in [6, 6.07) is 10.4. The Labute approximate surface area is 168 Å². The lowest BCUT2D eigenvalue weighted by molar-refractivity contribution is -0.124. The van der Waals surface area contributed by atoms with Crippen LogP contribution in [0.5, 0.6) is 11.5 Å². The molecule has 7 nitrogen and oxygen atoms in total. The summed E-state index contributed by atoms with van der Waals surface area (Å²) in [5, 5.41) is 7.25. The lowest BCUT2D eigenvalue weighted by Crippen LogP contribution is -2.20. The number of anilines is 1. The van der Waals surface area contributed by atoms with Crippen LogP contribution in [0.4, 0.5) is 5.69 Å². The predicted octanol–water partition coefficient (Wildman–Crippen LogP) is 3.53. The van der Waals surface area contributed by atoms with Gasteiger partial charge in [-0.25, -0.2) is 5.43 Å². The van der Waals surface area contributed by atoms with Crippen molar-refractivity contribution in [3.05, 3.63) is 52.5 Å². The Bertz CT molecular complexity index is 884. The van der Waals surface area contributed by atoms with Crippen molar-refractivity contribution < 1.29 is 19.1 Å². The minimum atomic E-state index is -0.369. The molecule has 0 aliphatic heterocycles. The van der Waals surface area contributed by atoms with E-state index in [0.29, 0.717) is 27.8 Å². The van der Waals surface area contributed by atoms with Crippen LogP contribution in [0.2, 0.25) is 5.02 Å². The fourth-order valence-electron chi connectivity index (χ4n) is 2.36. The Morgan fingerprint density at radius 2 is 1.82 bits per heavy atom. The average molecular weight is 404 g/mol. The van der Waals surface area contributed by atoms with E-state index in [1.165, 1.54) is 13.3 Å². The first-order valence-electron chi connectivity index (χ1n) is 8.53. The van der Waals surface area contributed by atoms with Gasteiger partial charge in [-0.3, -0.25) is 9.59 Å². The lowest BCUT2D eigenvalue weighted by atomic mass is 10.2. The van der Waals surface area contributed by atoms with Crippen LogP contribution in [0.1, 0.15) is 24.0 Å². The molecule has 2 rings (SSSR count). The molecule has 0 heterocycles. The van der Waals surface area contributed by atoms with Crippen LogP contribution in [-0.4, -0.2) is 32.2 Å². The number of hydrazone groups is 1. The maximum absolute atomic E-state index is 12.0. The number of methoxy groups -OCH3 is 2. The molecule has 0 bridgehead atoms. The van der Waals surface area contributed by atoms with Gasteiger partial charge in [0.05, 0.1) is 20.4 Å². The number of hydrogen-bond donors (Lipinski definition) is 2. The molecule has 0 unspecified atom stereocenters. The molecule has 8 heteroatoms. The van der Waals surface area contributed by atoms with Crippen LogP contribution in [-0.2, 0) is 9.59 Å². The number of ether oxygens (including phenoxy) is 2. The molecule has 2 aromatic rings. The zero-order valence-corrected chi connectivity index (χ0v) is 16.7. The molecule has 0 saturated heterocycles. The second-order valence-corrected chi connectivity index (χ2v) is 6.34. The normalized spacial score (nSPS) is 10.6. The number of amides is 2. The van der Waals surface area contributed by atoms with Crippen molar-refractivity contribution in [1.29, 1.82) is 0 Å². The standard InChI is InChI=1S/C20H22ClN3O4/c1-13-10-15(21)5-7-17(13)23-19(25)8-9-20(26)24-22-12-14-4-6-16(27-2)11-18(14)28-3/h4-7,10-12H,8-9H2,1-3H3,(H,23,25)(H,24,26)/b22-12-. The van der Waals surface area contributed by atoms with Gasteiger partial charge < -0.3 is 14.8 Å². The summed E-state index contributed by atoms with van der Waals surface area (Å²) in [5.41, 5.74) is 4.59. The third-order valence-corrected chi connectivity index (χ3v) is 4.11. The third kappa shape index (κ3) is 6.28. The Balaban J connectivity index is 1.82. The van der Waals surface area contributed by atoms with Gasteiger partial charge in [-0.15, -0.1) is 0 Å². The number of benzene rings is 2. The van der Waals surface area contributed by atoms with Crippen molar-refractivity contribution in [1.82, 2.24) is 5.43 Å². The molecule has 0 aliphatic carbocycles. The number of halogens is 1. The first-order valence-corrected chi connectivity index (χ1v) is 8.90. The summed E-state index contributed by atoms with van der Waals surface area (Å²) < 4.78 is 10.4. The molecule has 2 N–H and O–H groups in total. The maximum atomic E-state index is 12.0. The summed E-state index contributed by atoms with van der Waals surface area (Å²) in [4.78, 5) is 23.9. The average Bonchev–Trinajstić information content (AvgIpc) is 2.68. The van der Waals surface area contributed by atoms with Gasteiger partial charge in [-0.05, 0) is 42.8 Å². The fourth-order valence-corrected chi connectivity index (χ4v) is 2.59. The van der Waals surface area contributed by atoms with E-state index in [9.17, 15) is 9.59 Å². The number of hydrogen-bond acceptors (Lipinski definition) is 5. The fraction of sp³-hybridized carbons (Fsp3) is 0.250. The largest absolute Gasteiger partial charge is 0.497 e. The van der Waals surface area contributed by atoms with Gasteiger partial charge in [0.1, 0.15) is 11.5 Å². The van der Waals surface area contributed by atoms with E-state index in [1.54, 1.807) is 43.5 Å². The van der Waals surface area contributed by atoms with Crippen molar-refractivity contribution in [3.8, 4) is 11.5 Å². The van der Waals surface area contributed by atoms with E-state index in [1.807, 2.05) is 6.92 Å². The van der Waals surface area contributed by atoms with Crippen molar-refractivity contribution in [2.45, 2.75) is 19.8 Å². The molecule has 0 saturated carbocycles. The Hall–Kier alpha value is -3.06. The van der Waals surface area contributed by atoms with Crippen LogP contribution < -0.4 is 20.2 Å². The highest BCUT2D eigenvalue weighted by Crippen LogP contribution is 2.23. The minimum Gasteiger partial charge on any atom is -0.497 e. The Morgan fingerprint density at radius 3 is 2.50 bits per heavy atom. The van der Waals surface area contributed by atoms with Crippen molar-refractivity contribution >= 4 is 35.3 Å². The number of carbonyl (C=O) groups excluding carboxylic acids is 2. The second kappa shape index (κ2) is 10.3. The molecule has 0 aromatic heterocycles. The third-order valence-electron chi connectivity index (χ3n) is 3.88. The highest BCUT2D eigenvalue weighted by Gasteiger charge is 2.09. The van der Waals surface area contributed by atoms with Gasteiger partial charge >= 0.3 is 0 Å². The van der Waals surface area contributed by atoms with Gasteiger partial charge in [-0.1, -0.05) is 11.6 Å². The summed E-state index contributed by atoms with van der Waals surface area (Å²) in [7, 11) is 3.10. The second-order valence-electron chi connectivity index (χ2n) is 5.91. The number of aryl methyl sites for hydroxylation is 1. The topological polar surface area (TPSA) is 89.0 Å². The Morgan fingerprint density at radius 1 is 1.07 bits per heavy atom. The highest BCUT2D eigenvalue weighted by atomic mass is 35.5. The highest BCUT2D eigenvalue weighted by molar-refractivity contribution is 6.30. The quantitative estimate of drug-likeness (QED) is 0.521. The van der Waals surface area contributed by atoms with Crippen LogP contribution in [0.3, 0.4) is 0 Å². The zero-order valence-electron chi connectivity index (χ0n) is 15.9. The van der Waals surface area contributed by atoms with Crippen LogP contribution in [0.25, 0.3) is 0 Å². The maximum Gasteiger partial charge on any atom is 0.240 e. The van der Waals surface area contributed by atoms with Crippen molar-refractivity contribution in [2.24, 2.45) is 5.10 Å². The summed E-state index contributed by atoms with van der Waals surface area (Å²) in [5.74, 6) is 0.586. The smallest absolute Gasteiger partial charge is 0.240 e. The van der Waals surface area contributed by atoms with E-state index in [-0.39, 0.29) is 24.7 Å². The summed E-state index contributed by atoms with van der Waals surface area (Å²) >= 11 is 5.89. The molecule has 0 fully saturated rings. The van der Waals surface area contributed by atoms with Gasteiger partial charge in [0.2, 0.25) is 11.8 Å². The van der Waals surface area contributed by atoms with Crippen LogP contribution in [0.15, 0.2) is 41.5 Å². The van der Waals surface area contributed by atoms with Crippen molar-refractivity contribution in [2.75, 3.05) is 19.5 Å². The van der Waals surface area contributed by atoms with Crippen LogP contribution in [0, 0.1) is 6.92 Å². The van der Waals surface area contributed by atoms with E-state index >= 15 is 0 Å². The molecule has 28 heavy (non-hydrogen) atoms. The van der Waals surface area contributed by atoms with E-state index < -0.39 is 0 Å². The predicted molar refractivity (Wildman–Crippen MR) is 109 cm³/mol. The monoisotopic (exact) mass is 403 g/mol. The molecule has 2 amide bonds. The molecule has 0 spiro atoms. The van der Waals surface area contributed by atoms with E-state index in [2.05, 4.69) is 15.8 Å². The molecule has 0 atom stereocenters. The van der Waals surface area contributed by atoms with Gasteiger partial charge in [0.25, 0.3) is 0 Å². The lowest BCUT2D eigenvalue weighted by Gasteiger charge is -2.08. The van der Waals surface area contributed by atoms with Gasteiger partial charge in [0, 0.05) is 35.2 Å². The number of rotatable bonds is 8. The number of nitrogens with one attached hydrogen (secondary N) is 2. The summed E-state index contributed by atoms with van der Waals surface area (Å²) in [6.45, 7) is 1.84. The first-order chi connectivity index (χ1) is 13.4. The van der Waals surface area contributed by atoms with E-state index in [0.717, 1.165) is 5.56 Å². The SMILES string of the molecule is COc1ccc(/C=N\NC(=O)CCC(=O)Nc2ccc(Cl)cc2C)c(OC)c1. The number of carbonyl (C=O) groups is 2. The number of nitrogens with zero attached hydrogens (tertiary/aromatic N) is 1. The van der Waals surface area contributed by atoms with E-state index in [4.69, 9.17) is 21.1 Å². The Kier molecular flexibility index (Phi) is 7.83. The van der Waals surface area contributed by atoms with Gasteiger partial charge in [-0.2, -0.15) is 5.10 Å². The molecule has 0 aliphatic rings. The summed E-state index contributed by atoms with van der Waals surface area (Å²) in [6.07, 6.45) is 1.51. The van der Waals surface area contributed by atoms with Crippen LogP contribution >= 0.6 is 11.6 Å². The molecule has 0 radical (unpaired) electrons. The first kappa shape index (κ1) is 21.2. The molecular formula is C20H22ClN3O4. The molecule has 148 valence electrons. The molecule has 2 aromatic carbocycles. The minimum absolute atomic E-state index is 0.00948. The molecular weight excluding hydrogens is 382 g/mol. The zero-order chi connectivity index (χ0) is 20.5.